The maximum atomic E-state index is 12.3. The lowest BCUT2D eigenvalue weighted by Gasteiger charge is -2.10. The van der Waals surface area contributed by atoms with Gasteiger partial charge in [-0.3, -0.25) is 0 Å². The second-order valence-corrected chi connectivity index (χ2v) is 7.82. The molecule has 0 aliphatic rings. The molecule has 0 aliphatic heterocycles. The van der Waals surface area contributed by atoms with E-state index in [9.17, 15) is 8.42 Å². The number of benzene rings is 2. The van der Waals surface area contributed by atoms with Gasteiger partial charge in [0, 0.05) is 16.6 Å². The van der Waals surface area contributed by atoms with Crippen molar-refractivity contribution in [3.05, 3.63) is 56.5 Å². The maximum absolute atomic E-state index is 12.3. The van der Waals surface area contributed by atoms with Gasteiger partial charge < -0.3 is 4.74 Å². The Labute approximate surface area is 147 Å². The molecule has 0 spiro atoms. The van der Waals surface area contributed by atoms with Crippen LogP contribution in [0, 0.1) is 0 Å². The van der Waals surface area contributed by atoms with E-state index in [1.54, 1.807) is 24.3 Å². The zero-order valence-corrected chi connectivity index (χ0v) is 15.4. The van der Waals surface area contributed by atoms with Crippen LogP contribution in [0.5, 0.6) is 5.75 Å². The third-order valence-electron chi connectivity index (χ3n) is 2.90. The Morgan fingerprint density at radius 1 is 1.18 bits per heavy atom. The second kappa shape index (κ2) is 7.19. The minimum absolute atomic E-state index is 0.0714. The van der Waals surface area contributed by atoms with Gasteiger partial charge in [0.25, 0.3) is 0 Å². The predicted octanol–water partition coefficient (Wildman–Crippen LogP) is 4.24. The molecule has 0 aliphatic carbocycles. The SMILES string of the molecule is COc1ccc(S(=O)(=O)NCc2ccc(Cl)cc2Cl)cc1Br. The van der Waals surface area contributed by atoms with Crippen molar-refractivity contribution in [1.29, 1.82) is 0 Å². The van der Waals surface area contributed by atoms with Gasteiger partial charge in [0.1, 0.15) is 5.75 Å². The zero-order chi connectivity index (χ0) is 16.3. The number of hydrogen-bond acceptors (Lipinski definition) is 3. The molecule has 0 bridgehead atoms. The number of ether oxygens (including phenoxy) is 1. The molecule has 0 amide bonds. The Morgan fingerprint density at radius 3 is 2.50 bits per heavy atom. The van der Waals surface area contributed by atoms with Crippen LogP contribution in [-0.4, -0.2) is 15.5 Å². The van der Waals surface area contributed by atoms with Crippen molar-refractivity contribution in [1.82, 2.24) is 4.72 Å². The smallest absolute Gasteiger partial charge is 0.240 e. The Morgan fingerprint density at radius 2 is 1.91 bits per heavy atom. The van der Waals surface area contributed by atoms with Crippen molar-refractivity contribution < 1.29 is 13.2 Å². The van der Waals surface area contributed by atoms with E-state index in [0.717, 1.165) is 0 Å². The van der Waals surface area contributed by atoms with E-state index in [2.05, 4.69) is 20.7 Å². The van der Waals surface area contributed by atoms with Crippen LogP contribution < -0.4 is 9.46 Å². The van der Waals surface area contributed by atoms with Gasteiger partial charge in [-0.1, -0.05) is 29.3 Å². The van der Waals surface area contributed by atoms with Crippen LogP contribution in [0.4, 0.5) is 0 Å². The molecule has 0 unspecified atom stereocenters. The molecule has 2 rings (SSSR count). The van der Waals surface area contributed by atoms with Crippen molar-refractivity contribution in [3.8, 4) is 5.75 Å². The summed E-state index contributed by atoms with van der Waals surface area (Å²) in [5, 5.41) is 0.904. The van der Waals surface area contributed by atoms with E-state index in [0.29, 0.717) is 25.8 Å². The van der Waals surface area contributed by atoms with Crippen molar-refractivity contribution in [2.45, 2.75) is 11.4 Å². The zero-order valence-electron chi connectivity index (χ0n) is 11.4. The van der Waals surface area contributed by atoms with E-state index in [-0.39, 0.29) is 11.4 Å². The number of halogens is 3. The minimum atomic E-state index is -3.66. The molecule has 0 radical (unpaired) electrons. The molecular weight excluding hydrogens is 413 g/mol. The average molecular weight is 425 g/mol. The molecule has 0 atom stereocenters. The highest BCUT2D eigenvalue weighted by atomic mass is 79.9. The lowest BCUT2D eigenvalue weighted by molar-refractivity contribution is 0.411. The summed E-state index contributed by atoms with van der Waals surface area (Å²) in [6, 6.07) is 9.42. The average Bonchev–Trinajstić information content (AvgIpc) is 2.46. The molecule has 118 valence electrons. The number of sulfonamides is 1. The number of methoxy groups -OCH3 is 1. The van der Waals surface area contributed by atoms with Crippen molar-refractivity contribution in [2.75, 3.05) is 7.11 Å². The summed E-state index contributed by atoms with van der Waals surface area (Å²) >= 11 is 15.1. The van der Waals surface area contributed by atoms with E-state index >= 15 is 0 Å². The van der Waals surface area contributed by atoms with Crippen LogP contribution in [0.3, 0.4) is 0 Å². The number of rotatable bonds is 5. The van der Waals surface area contributed by atoms with Gasteiger partial charge in [0.05, 0.1) is 16.5 Å². The lowest BCUT2D eigenvalue weighted by Crippen LogP contribution is -2.23. The Kier molecular flexibility index (Phi) is 5.74. The number of hydrogen-bond donors (Lipinski definition) is 1. The quantitative estimate of drug-likeness (QED) is 0.780. The van der Waals surface area contributed by atoms with Crippen molar-refractivity contribution in [2.24, 2.45) is 0 Å². The third-order valence-corrected chi connectivity index (χ3v) is 5.51. The fourth-order valence-electron chi connectivity index (χ4n) is 1.74. The maximum Gasteiger partial charge on any atom is 0.240 e. The van der Waals surface area contributed by atoms with Gasteiger partial charge in [-0.25, -0.2) is 13.1 Å². The highest BCUT2D eigenvalue weighted by Gasteiger charge is 2.16. The Hall–Kier alpha value is -0.790. The summed E-state index contributed by atoms with van der Waals surface area (Å²) in [5.74, 6) is 0.555. The molecule has 0 saturated heterocycles. The summed E-state index contributed by atoms with van der Waals surface area (Å²) in [4.78, 5) is 0.130. The lowest BCUT2D eigenvalue weighted by atomic mass is 10.2. The monoisotopic (exact) mass is 423 g/mol. The first-order chi connectivity index (χ1) is 10.3. The fraction of sp³-hybridized carbons (Fsp3) is 0.143. The van der Waals surface area contributed by atoms with Gasteiger partial charge in [0.15, 0.2) is 0 Å². The largest absolute Gasteiger partial charge is 0.496 e. The summed E-state index contributed by atoms with van der Waals surface area (Å²) < 4.78 is 32.7. The van der Waals surface area contributed by atoms with E-state index in [4.69, 9.17) is 27.9 Å². The molecule has 8 heteroatoms. The van der Waals surface area contributed by atoms with Crippen LogP contribution >= 0.6 is 39.1 Å². The van der Waals surface area contributed by atoms with Gasteiger partial charge in [-0.2, -0.15) is 0 Å². The molecule has 1 N–H and O–H groups in total. The third kappa shape index (κ3) is 4.14. The van der Waals surface area contributed by atoms with Crippen LogP contribution in [0.2, 0.25) is 10.0 Å². The minimum Gasteiger partial charge on any atom is -0.496 e. The molecule has 0 fully saturated rings. The molecule has 2 aromatic carbocycles. The highest BCUT2D eigenvalue weighted by Crippen LogP contribution is 2.27. The molecular formula is C14H12BrCl2NO3S. The molecule has 2 aromatic rings. The molecule has 0 heterocycles. The van der Waals surface area contributed by atoms with Crippen LogP contribution in [0.15, 0.2) is 45.8 Å². The summed E-state index contributed by atoms with van der Waals surface area (Å²) in [6.45, 7) is 0.0714. The first-order valence-corrected chi connectivity index (χ1v) is 9.14. The van der Waals surface area contributed by atoms with E-state index < -0.39 is 10.0 Å². The Balaban J connectivity index is 2.19. The normalized spacial score (nSPS) is 11.5. The molecule has 4 nitrogen and oxygen atoms in total. The first-order valence-electron chi connectivity index (χ1n) is 6.10. The van der Waals surface area contributed by atoms with Crippen LogP contribution in [-0.2, 0) is 16.6 Å². The molecule has 22 heavy (non-hydrogen) atoms. The molecule has 0 aromatic heterocycles. The van der Waals surface area contributed by atoms with E-state index in [1.165, 1.54) is 19.2 Å². The van der Waals surface area contributed by atoms with Gasteiger partial charge >= 0.3 is 0 Å². The number of nitrogens with one attached hydrogen (secondary N) is 1. The standard InChI is InChI=1S/C14H12BrCl2NO3S/c1-21-14-5-4-11(7-12(14)15)22(19,20)18-8-9-2-3-10(16)6-13(9)17/h2-7,18H,8H2,1H3. The summed E-state index contributed by atoms with van der Waals surface area (Å²) in [7, 11) is -2.15. The first kappa shape index (κ1) is 17.6. The highest BCUT2D eigenvalue weighted by molar-refractivity contribution is 9.10. The van der Waals surface area contributed by atoms with Gasteiger partial charge in [-0.05, 0) is 51.8 Å². The summed E-state index contributed by atoms with van der Waals surface area (Å²) in [6.07, 6.45) is 0. The van der Waals surface area contributed by atoms with Gasteiger partial charge in [-0.15, -0.1) is 0 Å². The van der Waals surface area contributed by atoms with Crippen LogP contribution in [0.1, 0.15) is 5.56 Å². The molecule has 0 saturated carbocycles. The van der Waals surface area contributed by atoms with Crippen molar-refractivity contribution in [3.63, 3.8) is 0 Å². The second-order valence-electron chi connectivity index (χ2n) is 4.36. The van der Waals surface area contributed by atoms with Crippen molar-refractivity contribution >= 4 is 49.2 Å². The van der Waals surface area contributed by atoms with Gasteiger partial charge in [0.2, 0.25) is 10.0 Å². The van der Waals surface area contributed by atoms with E-state index in [1.807, 2.05) is 0 Å². The predicted molar refractivity (Wildman–Crippen MR) is 91.2 cm³/mol. The van der Waals surface area contributed by atoms with Crippen LogP contribution in [0.25, 0.3) is 0 Å². The summed E-state index contributed by atoms with van der Waals surface area (Å²) in [5.41, 5.74) is 0.641. The topological polar surface area (TPSA) is 55.4 Å². The Bertz CT molecular complexity index is 797. The fourth-order valence-corrected chi connectivity index (χ4v) is 3.94.